The third-order valence-electron chi connectivity index (χ3n) is 4.37. The highest BCUT2D eigenvalue weighted by molar-refractivity contribution is 5.95. The Balaban J connectivity index is 0.000000785. The Bertz CT molecular complexity index is 1200. The summed E-state index contributed by atoms with van der Waals surface area (Å²) in [4.78, 5) is 50.3. The number of esters is 1. The Morgan fingerprint density at radius 1 is 1.03 bits per heavy atom. The van der Waals surface area contributed by atoms with E-state index in [0.29, 0.717) is 18.5 Å². The lowest BCUT2D eigenvalue weighted by Crippen LogP contribution is -2.30. The van der Waals surface area contributed by atoms with Gasteiger partial charge < -0.3 is 25.7 Å². The summed E-state index contributed by atoms with van der Waals surface area (Å²) in [6, 6.07) is 10.8. The zero-order valence-corrected chi connectivity index (χ0v) is 16.8. The van der Waals surface area contributed by atoms with Crippen LogP contribution in [0.5, 0.6) is 0 Å². The Morgan fingerprint density at radius 2 is 1.68 bits per heavy atom. The summed E-state index contributed by atoms with van der Waals surface area (Å²) >= 11 is 0. The number of aliphatic hydroxyl groups excluding tert-OH is 1. The van der Waals surface area contributed by atoms with E-state index < -0.39 is 28.9 Å². The van der Waals surface area contributed by atoms with Crippen LogP contribution in [-0.2, 0) is 17.6 Å². The van der Waals surface area contributed by atoms with Gasteiger partial charge in [0.05, 0.1) is 19.3 Å². The number of H-pyrrole nitrogens is 2. The van der Waals surface area contributed by atoms with Gasteiger partial charge in [0.1, 0.15) is 5.69 Å². The fourth-order valence-electron chi connectivity index (χ4n) is 2.90. The van der Waals surface area contributed by atoms with Crippen molar-refractivity contribution in [2.75, 3.05) is 20.3 Å². The molecule has 164 valence electrons. The SMILES string of the molecule is COC(=O)c1ccc2cc(CCc3c(C(=O)O)[nH]c(=O)[nH]c3=O)ccc2c1.NCCO. The number of aromatic carboxylic acids is 1. The molecule has 1 aromatic heterocycles. The summed E-state index contributed by atoms with van der Waals surface area (Å²) in [5.74, 6) is -1.78. The number of carbonyl (C=O) groups is 2. The van der Waals surface area contributed by atoms with Crippen LogP contribution in [0.1, 0.15) is 32.0 Å². The number of hydrogen-bond acceptors (Lipinski definition) is 7. The molecular weight excluding hydrogens is 406 g/mol. The molecule has 0 saturated heterocycles. The van der Waals surface area contributed by atoms with Gasteiger partial charge in [-0.2, -0.15) is 0 Å². The number of aryl methyl sites for hydroxylation is 1. The minimum absolute atomic E-state index is 0.0169. The molecule has 10 nitrogen and oxygen atoms in total. The lowest BCUT2D eigenvalue weighted by Gasteiger charge is -2.07. The molecule has 31 heavy (non-hydrogen) atoms. The van der Waals surface area contributed by atoms with Crippen LogP contribution in [0.25, 0.3) is 10.8 Å². The molecule has 1 heterocycles. The predicted octanol–water partition coefficient (Wildman–Crippen LogP) is 0.424. The molecule has 2 aromatic carbocycles. The van der Waals surface area contributed by atoms with Crippen LogP contribution in [0, 0.1) is 0 Å². The quantitative estimate of drug-likeness (QED) is 0.350. The second kappa shape index (κ2) is 10.9. The number of nitrogens with two attached hydrogens (primary N) is 1. The van der Waals surface area contributed by atoms with Gasteiger partial charge in [0, 0.05) is 12.1 Å². The molecule has 0 aliphatic carbocycles. The maximum absolute atomic E-state index is 11.9. The highest BCUT2D eigenvalue weighted by Crippen LogP contribution is 2.19. The highest BCUT2D eigenvalue weighted by atomic mass is 16.5. The van der Waals surface area contributed by atoms with Crippen LogP contribution in [0.15, 0.2) is 46.0 Å². The van der Waals surface area contributed by atoms with Gasteiger partial charge in [0.25, 0.3) is 5.56 Å². The molecule has 0 aliphatic heterocycles. The zero-order valence-electron chi connectivity index (χ0n) is 16.8. The number of aromatic amines is 2. The summed E-state index contributed by atoms with van der Waals surface area (Å²) in [6.45, 7) is 0.472. The Hall–Kier alpha value is -3.76. The van der Waals surface area contributed by atoms with Crippen LogP contribution in [0.4, 0.5) is 0 Å². The molecule has 0 radical (unpaired) electrons. The molecule has 3 aromatic rings. The number of benzene rings is 2. The maximum atomic E-state index is 11.9. The second-order valence-corrected chi connectivity index (χ2v) is 6.47. The molecule has 0 saturated carbocycles. The summed E-state index contributed by atoms with van der Waals surface area (Å²) in [5, 5.41) is 18.7. The topological polar surface area (TPSA) is 176 Å². The number of carboxylic acids is 1. The van der Waals surface area contributed by atoms with E-state index in [1.807, 2.05) is 23.2 Å². The van der Waals surface area contributed by atoms with Gasteiger partial charge in [-0.25, -0.2) is 14.4 Å². The summed E-state index contributed by atoms with van der Waals surface area (Å²) in [5.41, 5.74) is 4.17. The first-order valence-electron chi connectivity index (χ1n) is 9.31. The van der Waals surface area contributed by atoms with Gasteiger partial charge in [-0.15, -0.1) is 0 Å². The molecule has 0 unspecified atom stereocenters. The molecule has 0 atom stereocenters. The maximum Gasteiger partial charge on any atom is 0.352 e. The number of aliphatic hydroxyl groups is 1. The minimum atomic E-state index is -1.36. The number of rotatable bonds is 6. The molecule has 0 amide bonds. The first-order valence-corrected chi connectivity index (χ1v) is 9.31. The second-order valence-electron chi connectivity index (χ2n) is 6.47. The van der Waals surface area contributed by atoms with E-state index in [2.05, 4.69) is 4.98 Å². The number of carbonyl (C=O) groups excluding carboxylic acids is 1. The van der Waals surface area contributed by atoms with Crippen molar-refractivity contribution in [2.24, 2.45) is 5.73 Å². The van der Waals surface area contributed by atoms with Crippen LogP contribution in [-0.4, -0.2) is 52.4 Å². The molecular formula is C21H23N3O7. The van der Waals surface area contributed by atoms with Gasteiger partial charge in [0.15, 0.2) is 0 Å². The average Bonchev–Trinajstić information content (AvgIpc) is 2.77. The largest absolute Gasteiger partial charge is 0.477 e. The van der Waals surface area contributed by atoms with Gasteiger partial charge >= 0.3 is 17.6 Å². The lowest BCUT2D eigenvalue weighted by molar-refractivity contribution is 0.0600. The first kappa shape index (κ1) is 23.5. The van der Waals surface area contributed by atoms with E-state index in [0.717, 1.165) is 16.3 Å². The zero-order chi connectivity index (χ0) is 23.0. The summed E-state index contributed by atoms with van der Waals surface area (Å²) in [7, 11) is 1.32. The predicted molar refractivity (Wildman–Crippen MR) is 113 cm³/mol. The van der Waals surface area contributed by atoms with Crippen molar-refractivity contribution in [3.8, 4) is 0 Å². The van der Waals surface area contributed by atoms with Crippen molar-refractivity contribution in [1.82, 2.24) is 9.97 Å². The van der Waals surface area contributed by atoms with Crippen molar-refractivity contribution >= 4 is 22.7 Å². The number of ether oxygens (including phenoxy) is 1. The third kappa shape index (κ3) is 6.11. The van der Waals surface area contributed by atoms with Crippen LogP contribution in [0.2, 0.25) is 0 Å². The number of nitrogens with one attached hydrogen (secondary N) is 2. The van der Waals surface area contributed by atoms with Crippen LogP contribution < -0.4 is 17.0 Å². The molecule has 0 fully saturated rings. The standard InChI is InChI=1S/C19H16N2O6.C2H7NO/c1-27-18(25)13-6-5-11-8-10(2-4-12(11)9-13)3-7-14-15(17(23)24)20-19(26)21-16(14)22;3-1-2-4/h2,4-6,8-9H,3,7H2,1H3,(H,23,24)(H2,20,21,22,26);4H,1-3H2. The minimum Gasteiger partial charge on any atom is -0.477 e. The monoisotopic (exact) mass is 429 g/mol. The van der Waals surface area contributed by atoms with Gasteiger partial charge in [-0.05, 0) is 41.3 Å². The van der Waals surface area contributed by atoms with Crippen molar-refractivity contribution in [3.63, 3.8) is 0 Å². The molecule has 6 N–H and O–H groups in total. The van der Waals surface area contributed by atoms with Crippen molar-refractivity contribution in [3.05, 3.63) is 79.6 Å². The van der Waals surface area contributed by atoms with Crippen molar-refractivity contribution in [2.45, 2.75) is 12.8 Å². The van der Waals surface area contributed by atoms with E-state index in [1.54, 1.807) is 18.2 Å². The van der Waals surface area contributed by atoms with E-state index in [9.17, 15) is 24.3 Å². The molecule has 0 spiro atoms. The third-order valence-corrected chi connectivity index (χ3v) is 4.37. The number of fused-ring (bicyclic) bond motifs is 1. The van der Waals surface area contributed by atoms with Crippen LogP contribution in [0.3, 0.4) is 0 Å². The number of methoxy groups -OCH3 is 1. The van der Waals surface area contributed by atoms with E-state index in [-0.39, 0.29) is 18.6 Å². The van der Waals surface area contributed by atoms with Crippen LogP contribution >= 0.6 is 0 Å². The van der Waals surface area contributed by atoms with E-state index in [4.69, 9.17) is 15.6 Å². The van der Waals surface area contributed by atoms with E-state index >= 15 is 0 Å². The Morgan fingerprint density at radius 3 is 2.29 bits per heavy atom. The van der Waals surface area contributed by atoms with Crippen molar-refractivity contribution < 1.29 is 24.5 Å². The van der Waals surface area contributed by atoms with Gasteiger partial charge in [0.2, 0.25) is 0 Å². The first-order chi connectivity index (χ1) is 14.8. The molecule has 0 bridgehead atoms. The normalized spacial score (nSPS) is 10.3. The molecule has 10 heteroatoms. The number of hydrogen-bond donors (Lipinski definition) is 5. The molecule has 0 aliphatic rings. The molecule has 3 rings (SSSR count). The number of carboxylic acid groups (broad SMARTS) is 1. The van der Waals surface area contributed by atoms with E-state index in [1.165, 1.54) is 7.11 Å². The highest BCUT2D eigenvalue weighted by Gasteiger charge is 2.15. The number of aromatic nitrogens is 2. The average molecular weight is 429 g/mol. The van der Waals surface area contributed by atoms with Gasteiger partial charge in [-0.1, -0.05) is 24.3 Å². The lowest BCUT2D eigenvalue weighted by atomic mass is 10.00. The van der Waals surface area contributed by atoms with Gasteiger partial charge in [-0.3, -0.25) is 9.78 Å². The summed E-state index contributed by atoms with van der Waals surface area (Å²) < 4.78 is 4.70. The summed E-state index contributed by atoms with van der Waals surface area (Å²) in [6.07, 6.45) is 0.559. The smallest absolute Gasteiger partial charge is 0.352 e. The fourth-order valence-corrected chi connectivity index (χ4v) is 2.90. The fraction of sp³-hybridized carbons (Fsp3) is 0.238. The van der Waals surface area contributed by atoms with Crippen molar-refractivity contribution in [1.29, 1.82) is 0 Å². The Kier molecular flexibility index (Phi) is 8.24. The Labute approximate surface area is 176 Å².